The average molecular weight is 622 g/mol. The molecule has 0 amide bonds. The molecule has 0 aliphatic carbocycles. The molecule has 0 aromatic heterocycles. The standard InChI is InChI=1S/C36H38B14/c37-23-14(12-9-5-2-6-10-12)18-22(30(44)36(50)33(47)27(18)41)21(24(23)38)15-19-16(25(39)31(45)34(48)28(19)42)13(11-7-3-1-4-8-11)17-20(15)29(43)35(49)32(46)26(17)40/h1-10H,37-50H2. The normalized spacial score (nSPS) is 11.5. The molecule has 0 unspecified atom stereocenters. The van der Waals surface area contributed by atoms with E-state index in [9.17, 15) is 0 Å². The van der Waals surface area contributed by atoms with Crippen LogP contribution >= 0.6 is 0 Å². The van der Waals surface area contributed by atoms with Gasteiger partial charge >= 0.3 is 0 Å². The van der Waals surface area contributed by atoms with Crippen molar-refractivity contribution in [3.63, 3.8) is 0 Å². The number of benzene rings is 7. The van der Waals surface area contributed by atoms with Crippen molar-refractivity contribution in [1.29, 1.82) is 0 Å². The Morgan fingerprint density at radius 3 is 0.780 bits per heavy atom. The van der Waals surface area contributed by atoms with Crippen LogP contribution in [0.5, 0.6) is 0 Å². The van der Waals surface area contributed by atoms with Crippen LogP contribution in [0, 0.1) is 0 Å². The molecule has 0 bridgehead atoms. The molecule has 0 saturated heterocycles. The molecule has 14 heteroatoms. The zero-order valence-corrected chi connectivity index (χ0v) is 32.8. The third kappa shape index (κ3) is 4.73. The fourth-order valence-electron chi connectivity index (χ4n) is 9.23. The van der Waals surface area contributed by atoms with Crippen LogP contribution in [0.1, 0.15) is 0 Å². The van der Waals surface area contributed by atoms with Crippen molar-refractivity contribution in [3.8, 4) is 33.4 Å². The van der Waals surface area contributed by atoms with Crippen LogP contribution in [0.2, 0.25) is 0 Å². The fourth-order valence-corrected chi connectivity index (χ4v) is 9.23. The second kappa shape index (κ2) is 12.5. The molecule has 0 N–H and O–H groups in total. The van der Waals surface area contributed by atoms with E-state index in [1.54, 1.807) is 0 Å². The fraction of sp³-hybridized carbons (Fsp3) is 0. The molecule has 7 aromatic carbocycles. The molecule has 0 saturated carbocycles. The second-order valence-corrected chi connectivity index (χ2v) is 15.2. The Morgan fingerprint density at radius 2 is 0.440 bits per heavy atom. The lowest BCUT2D eigenvalue weighted by Crippen LogP contribution is -2.50. The molecule has 7 aromatic rings. The lowest BCUT2D eigenvalue weighted by Gasteiger charge is -2.31. The summed E-state index contributed by atoms with van der Waals surface area (Å²) in [6.45, 7) is 0. The summed E-state index contributed by atoms with van der Waals surface area (Å²) in [5.41, 5.74) is 27.6. The Labute approximate surface area is 311 Å². The number of fused-ring (bicyclic) bond motifs is 3. The molecule has 0 fully saturated rings. The van der Waals surface area contributed by atoms with Crippen LogP contribution in [0.15, 0.2) is 60.7 Å². The maximum absolute atomic E-state index is 2.40. The minimum Gasteiger partial charge on any atom is -0.101 e. The lowest BCUT2D eigenvalue weighted by molar-refractivity contribution is 1.69. The third-order valence-corrected chi connectivity index (χ3v) is 13.2. The molecule has 7 rings (SSSR count). The molecule has 0 spiro atoms. The van der Waals surface area contributed by atoms with E-state index in [4.69, 9.17) is 0 Å². The van der Waals surface area contributed by atoms with Crippen molar-refractivity contribution >= 4 is 219 Å². The third-order valence-electron chi connectivity index (χ3n) is 13.2. The number of hydrogen-bond acceptors (Lipinski definition) is 0. The van der Waals surface area contributed by atoms with Crippen molar-refractivity contribution in [2.45, 2.75) is 0 Å². The first-order valence-electron chi connectivity index (χ1n) is 18.3. The summed E-state index contributed by atoms with van der Waals surface area (Å²) < 4.78 is 0. The van der Waals surface area contributed by atoms with Gasteiger partial charge in [-0.1, -0.05) is 104 Å². The molecule has 0 nitrogen and oxygen atoms in total. The number of hydrogen-bond donors (Lipinski definition) is 0. The molecular formula is C36H38B14. The van der Waals surface area contributed by atoms with Crippen molar-refractivity contribution < 1.29 is 0 Å². The Hall–Kier alpha value is -3.77. The van der Waals surface area contributed by atoms with Crippen LogP contribution in [-0.2, 0) is 0 Å². The minimum atomic E-state index is 1.29. The number of rotatable bonds is 3. The van der Waals surface area contributed by atoms with Gasteiger partial charge in [0.2, 0.25) is 0 Å². The molecule has 0 atom stereocenters. The van der Waals surface area contributed by atoms with Crippen molar-refractivity contribution in [2.24, 2.45) is 0 Å². The second-order valence-electron chi connectivity index (χ2n) is 15.2. The summed E-state index contributed by atoms with van der Waals surface area (Å²) in [6.07, 6.45) is 0. The van der Waals surface area contributed by atoms with Crippen LogP contribution in [0.25, 0.3) is 65.7 Å². The van der Waals surface area contributed by atoms with Gasteiger partial charge in [0.1, 0.15) is 110 Å². The predicted octanol–water partition coefficient (Wildman–Crippen LogP) is -14.2. The highest BCUT2D eigenvalue weighted by molar-refractivity contribution is 6.73. The largest absolute Gasteiger partial charge is 0.139 e. The SMILES string of the molecule is Bc1c(B)c(B)c2c(-c3c4c(B)c(B)c(B)c(B)c4c(-c4ccccc4)c4c(B)c(B)c(B)c(B)c34)c(B)c(B)c(-c3ccccc3)c2c1B. The monoisotopic (exact) mass is 624 g/mol. The summed E-state index contributed by atoms with van der Waals surface area (Å²) in [6, 6.07) is 22.3. The summed E-state index contributed by atoms with van der Waals surface area (Å²) in [4.78, 5) is 0. The molecule has 0 radical (unpaired) electrons. The van der Waals surface area contributed by atoms with Gasteiger partial charge in [-0.25, -0.2) is 0 Å². The molecule has 50 heavy (non-hydrogen) atoms. The molecule has 224 valence electrons. The first-order valence-corrected chi connectivity index (χ1v) is 18.3. The first-order chi connectivity index (χ1) is 23.7. The Morgan fingerprint density at radius 1 is 0.200 bits per heavy atom. The van der Waals surface area contributed by atoms with Gasteiger partial charge in [-0.2, -0.15) is 0 Å². The summed E-state index contributed by atoms with van der Waals surface area (Å²) in [7, 11) is 33.0. The van der Waals surface area contributed by atoms with E-state index >= 15 is 0 Å². The quantitative estimate of drug-likeness (QED) is 0.136. The van der Waals surface area contributed by atoms with Gasteiger partial charge < -0.3 is 0 Å². The topological polar surface area (TPSA) is 0 Å². The van der Waals surface area contributed by atoms with Crippen LogP contribution in [0.3, 0.4) is 0 Å². The van der Waals surface area contributed by atoms with E-state index < -0.39 is 0 Å². The van der Waals surface area contributed by atoms with Crippen LogP contribution in [-0.4, -0.2) is 110 Å². The van der Waals surface area contributed by atoms with Crippen molar-refractivity contribution in [2.75, 3.05) is 0 Å². The maximum atomic E-state index is 2.40. The maximum Gasteiger partial charge on any atom is 0.139 e. The molecule has 0 aliphatic rings. The van der Waals surface area contributed by atoms with E-state index in [0.717, 1.165) is 0 Å². The highest BCUT2D eigenvalue weighted by Gasteiger charge is 2.29. The molecule has 0 heterocycles. The van der Waals surface area contributed by atoms with Crippen LogP contribution < -0.4 is 76.5 Å². The van der Waals surface area contributed by atoms with Gasteiger partial charge in [0, 0.05) is 0 Å². The van der Waals surface area contributed by atoms with E-state index in [0.29, 0.717) is 0 Å². The average Bonchev–Trinajstić information content (AvgIpc) is 3.13. The van der Waals surface area contributed by atoms with Crippen molar-refractivity contribution in [3.05, 3.63) is 60.7 Å². The van der Waals surface area contributed by atoms with Gasteiger partial charge in [0.15, 0.2) is 0 Å². The van der Waals surface area contributed by atoms with Gasteiger partial charge in [0.25, 0.3) is 0 Å². The Balaban J connectivity index is 1.92. The van der Waals surface area contributed by atoms with E-state index in [1.165, 1.54) is 142 Å². The summed E-state index contributed by atoms with van der Waals surface area (Å²) in [5.74, 6) is 0. The minimum absolute atomic E-state index is 1.29. The lowest BCUT2D eigenvalue weighted by atomic mass is 9.57. The van der Waals surface area contributed by atoms with Gasteiger partial charge in [-0.15, -0.1) is 32.8 Å². The molecule has 0 aliphatic heterocycles. The predicted molar refractivity (Wildman–Crippen MR) is 270 cm³/mol. The van der Waals surface area contributed by atoms with Crippen molar-refractivity contribution in [1.82, 2.24) is 0 Å². The summed E-state index contributed by atoms with van der Waals surface area (Å²) in [5, 5.41) is 8.44. The zero-order chi connectivity index (χ0) is 36.1. The molecular weight excluding hydrogens is 584 g/mol. The van der Waals surface area contributed by atoms with E-state index in [1.807, 2.05) is 0 Å². The Bertz CT molecular complexity index is 2540. The van der Waals surface area contributed by atoms with Gasteiger partial charge in [0.05, 0.1) is 0 Å². The zero-order valence-electron chi connectivity index (χ0n) is 32.8. The van der Waals surface area contributed by atoms with Gasteiger partial charge in [-0.05, 0) is 65.7 Å². The van der Waals surface area contributed by atoms with E-state index in [2.05, 4.69) is 171 Å². The summed E-state index contributed by atoms with van der Waals surface area (Å²) >= 11 is 0. The smallest absolute Gasteiger partial charge is 0.101 e. The van der Waals surface area contributed by atoms with Crippen LogP contribution in [0.4, 0.5) is 0 Å². The van der Waals surface area contributed by atoms with E-state index in [-0.39, 0.29) is 0 Å². The van der Waals surface area contributed by atoms with Gasteiger partial charge in [-0.3, -0.25) is 0 Å². The first kappa shape index (κ1) is 34.7. The Kier molecular flexibility index (Phi) is 8.65. The highest BCUT2D eigenvalue weighted by atomic mass is 14.3. The highest BCUT2D eigenvalue weighted by Crippen LogP contribution is 2.42.